The quantitative estimate of drug-likeness (QED) is 0.793. The van der Waals surface area contributed by atoms with Crippen LogP contribution in [0.5, 0.6) is 0 Å². The fourth-order valence-corrected chi connectivity index (χ4v) is 4.99. The number of hydrogen-bond donors (Lipinski definition) is 1. The van der Waals surface area contributed by atoms with Crippen molar-refractivity contribution in [1.29, 1.82) is 0 Å². The monoisotopic (exact) mass is 428 g/mol. The van der Waals surface area contributed by atoms with Crippen molar-refractivity contribution in [2.24, 2.45) is 0 Å². The molecule has 160 valence electrons. The molecule has 2 aromatic rings. The predicted molar refractivity (Wildman–Crippen MR) is 107 cm³/mol. The molecule has 2 aliphatic rings. The molecular weight excluding hydrogens is 402 g/mol. The van der Waals surface area contributed by atoms with Gasteiger partial charge >= 0.3 is 0 Å². The maximum atomic E-state index is 14.6. The van der Waals surface area contributed by atoms with Gasteiger partial charge in [-0.2, -0.15) is 9.29 Å². The zero-order chi connectivity index (χ0) is 20.8. The van der Waals surface area contributed by atoms with Gasteiger partial charge in [0.25, 0.3) is 0 Å². The third kappa shape index (κ3) is 4.22. The molecule has 0 spiro atoms. The maximum Gasteiger partial charge on any atom is 0.224 e. The summed E-state index contributed by atoms with van der Waals surface area (Å²) in [7, 11) is -1.51. The van der Waals surface area contributed by atoms with Crippen LogP contribution in [0.15, 0.2) is 18.5 Å². The smallest absolute Gasteiger partial charge is 0.224 e. The number of fused-ring (bicyclic) bond motifs is 1. The first-order valence-electron chi connectivity index (χ1n) is 9.74. The molecule has 0 unspecified atom stereocenters. The van der Waals surface area contributed by atoms with Crippen LogP contribution in [0, 0.1) is 0 Å². The lowest BCUT2D eigenvalue weighted by Gasteiger charge is -2.34. The van der Waals surface area contributed by atoms with Crippen molar-refractivity contribution in [2.45, 2.75) is 37.3 Å². The van der Waals surface area contributed by atoms with E-state index in [0.717, 1.165) is 22.5 Å². The molecule has 0 aliphatic carbocycles. The van der Waals surface area contributed by atoms with Gasteiger partial charge in [-0.3, -0.25) is 0 Å². The second kappa shape index (κ2) is 7.77. The highest BCUT2D eigenvalue weighted by atomic mass is 32.2. The highest BCUT2D eigenvalue weighted by Crippen LogP contribution is 2.29. The number of sulfonamides is 1. The SMILES string of the molecule is CN1CC[C@H](n2ccc3cnc(N[C@@H]4CCN(S(C)(=O)=O)C[C@H]4F)nc32)[C@@H](F)C1. The lowest BCUT2D eigenvalue weighted by molar-refractivity contribution is 0.109. The van der Waals surface area contributed by atoms with Crippen molar-refractivity contribution in [3.63, 3.8) is 0 Å². The number of likely N-dealkylation sites (tertiary alicyclic amines) is 1. The normalized spacial score (nSPS) is 29.9. The Kier molecular flexibility index (Phi) is 5.47. The minimum atomic E-state index is -3.41. The minimum absolute atomic E-state index is 0.186. The molecule has 0 bridgehead atoms. The molecule has 4 heterocycles. The van der Waals surface area contributed by atoms with Gasteiger partial charge in [0, 0.05) is 44.0 Å². The summed E-state index contributed by atoms with van der Waals surface area (Å²) in [6, 6.07) is 0.983. The molecular formula is C18H26F2N6O2S. The van der Waals surface area contributed by atoms with Crippen molar-refractivity contribution in [3.8, 4) is 0 Å². The van der Waals surface area contributed by atoms with Gasteiger partial charge in [-0.05, 0) is 26.0 Å². The fourth-order valence-electron chi connectivity index (χ4n) is 4.14. The highest BCUT2D eigenvalue weighted by molar-refractivity contribution is 7.88. The third-order valence-electron chi connectivity index (χ3n) is 5.81. The Balaban J connectivity index is 1.52. The van der Waals surface area contributed by atoms with E-state index in [1.54, 1.807) is 6.20 Å². The molecule has 8 nitrogen and oxygen atoms in total. The van der Waals surface area contributed by atoms with Crippen molar-refractivity contribution in [1.82, 2.24) is 23.7 Å². The highest BCUT2D eigenvalue weighted by Gasteiger charge is 2.34. The van der Waals surface area contributed by atoms with Crippen molar-refractivity contribution in [2.75, 3.05) is 44.8 Å². The van der Waals surface area contributed by atoms with E-state index in [4.69, 9.17) is 0 Å². The third-order valence-corrected chi connectivity index (χ3v) is 7.08. The van der Waals surface area contributed by atoms with E-state index in [1.165, 1.54) is 0 Å². The number of halogens is 2. The maximum absolute atomic E-state index is 14.6. The Morgan fingerprint density at radius 3 is 2.66 bits per heavy atom. The summed E-state index contributed by atoms with van der Waals surface area (Å²) in [5.41, 5.74) is 0.615. The van der Waals surface area contributed by atoms with Gasteiger partial charge in [0.1, 0.15) is 18.0 Å². The van der Waals surface area contributed by atoms with Crippen LogP contribution in [-0.2, 0) is 10.0 Å². The van der Waals surface area contributed by atoms with Crippen LogP contribution in [0.3, 0.4) is 0 Å². The summed E-state index contributed by atoms with van der Waals surface area (Å²) in [4.78, 5) is 10.8. The van der Waals surface area contributed by atoms with E-state index >= 15 is 0 Å². The number of nitrogens with zero attached hydrogens (tertiary/aromatic N) is 5. The molecule has 11 heteroatoms. The lowest BCUT2D eigenvalue weighted by Crippen LogP contribution is -2.49. The molecule has 0 amide bonds. The Bertz CT molecular complexity index is 984. The summed E-state index contributed by atoms with van der Waals surface area (Å²) in [5.74, 6) is 0.265. The number of anilines is 1. The lowest BCUT2D eigenvalue weighted by atomic mass is 10.0. The molecule has 4 rings (SSSR count). The van der Waals surface area contributed by atoms with Gasteiger partial charge in [-0.25, -0.2) is 22.2 Å². The van der Waals surface area contributed by atoms with E-state index in [9.17, 15) is 17.2 Å². The van der Waals surface area contributed by atoms with E-state index in [0.29, 0.717) is 25.0 Å². The average Bonchev–Trinajstić information content (AvgIpc) is 3.05. The van der Waals surface area contributed by atoms with Gasteiger partial charge in [0.05, 0.1) is 18.3 Å². The minimum Gasteiger partial charge on any atom is -0.348 e. The molecule has 0 aromatic carbocycles. The summed E-state index contributed by atoms with van der Waals surface area (Å²) in [6.45, 7) is 1.25. The van der Waals surface area contributed by atoms with Crippen molar-refractivity contribution < 1.29 is 17.2 Å². The summed E-state index contributed by atoms with van der Waals surface area (Å²) < 4.78 is 55.4. The molecule has 2 fully saturated rings. The number of hydrogen-bond acceptors (Lipinski definition) is 6. The zero-order valence-electron chi connectivity index (χ0n) is 16.5. The molecule has 2 saturated heterocycles. The number of rotatable bonds is 4. The van der Waals surface area contributed by atoms with Crippen molar-refractivity contribution in [3.05, 3.63) is 18.5 Å². The molecule has 1 N–H and O–H groups in total. The molecule has 29 heavy (non-hydrogen) atoms. The van der Waals surface area contributed by atoms with Gasteiger partial charge in [-0.1, -0.05) is 0 Å². The van der Waals surface area contributed by atoms with Gasteiger partial charge in [0.2, 0.25) is 16.0 Å². The first-order valence-corrected chi connectivity index (χ1v) is 11.6. The summed E-state index contributed by atoms with van der Waals surface area (Å²) in [5, 5.41) is 3.80. The van der Waals surface area contributed by atoms with Gasteiger partial charge < -0.3 is 14.8 Å². The van der Waals surface area contributed by atoms with Crippen LogP contribution in [0.25, 0.3) is 11.0 Å². The largest absolute Gasteiger partial charge is 0.348 e. The van der Waals surface area contributed by atoms with E-state index in [2.05, 4.69) is 15.3 Å². The topological polar surface area (TPSA) is 83.4 Å². The second-order valence-corrected chi connectivity index (χ2v) is 9.99. The molecule has 0 radical (unpaired) electrons. The van der Waals surface area contributed by atoms with Crippen LogP contribution < -0.4 is 5.32 Å². The summed E-state index contributed by atoms with van der Waals surface area (Å²) >= 11 is 0. The van der Waals surface area contributed by atoms with Crippen LogP contribution in [-0.4, -0.2) is 90.0 Å². The average molecular weight is 429 g/mol. The molecule has 4 atom stereocenters. The number of alkyl halides is 2. The zero-order valence-corrected chi connectivity index (χ0v) is 17.3. The van der Waals surface area contributed by atoms with Crippen LogP contribution in [0.2, 0.25) is 0 Å². The standard InChI is InChI=1S/C18H26F2N6O2S/c1-24-6-5-16(14(20)10-24)26-8-3-12-9-21-18(23-17(12)26)22-15-4-7-25(11-13(15)19)29(2,27)28/h3,8-9,13-16H,4-7,10-11H2,1-2H3,(H,21,22,23)/t13-,14+,15-,16+/m1/s1. The number of piperidine rings is 2. The van der Waals surface area contributed by atoms with Crippen LogP contribution in [0.4, 0.5) is 14.7 Å². The molecule has 0 saturated carbocycles. The fraction of sp³-hybridized carbons (Fsp3) is 0.667. The Morgan fingerprint density at radius 1 is 1.17 bits per heavy atom. The first-order chi connectivity index (χ1) is 13.7. The predicted octanol–water partition coefficient (Wildman–Crippen LogP) is 1.43. The first kappa shape index (κ1) is 20.4. The van der Waals surface area contributed by atoms with Gasteiger partial charge in [0.15, 0.2) is 0 Å². The Morgan fingerprint density at radius 2 is 1.97 bits per heavy atom. The van der Waals surface area contributed by atoms with E-state index in [-0.39, 0.29) is 25.1 Å². The molecule has 2 aromatic heterocycles. The second-order valence-electron chi connectivity index (χ2n) is 8.01. The summed E-state index contributed by atoms with van der Waals surface area (Å²) in [6.07, 6.45) is 3.19. The Hall–Kier alpha value is -1.85. The van der Waals surface area contributed by atoms with Crippen LogP contribution >= 0.6 is 0 Å². The van der Waals surface area contributed by atoms with E-state index in [1.807, 2.05) is 28.8 Å². The Labute approximate surface area is 169 Å². The van der Waals surface area contributed by atoms with Crippen molar-refractivity contribution >= 4 is 27.0 Å². The van der Waals surface area contributed by atoms with Gasteiger partial charge in [-0.15, -0.1) is 0 Å². The number of nitrogens with one attached hydrogen (secondary N) is 1. The van der Waals surface area contributed by atoms with Crippen LogP contribution in [0.1, 0.15) is 18.9 Å². The number of aromatic nitrogens is 3. The van der Waals surface area contributed by atoms with E-state index < -0.39 is 28.4 Å². The molecule has 2 aliphatic heterocycles.